The predicted molar refractivity (Wildman–Crippen MR) is 190 cm³/mol. The van der Waals surface area contributed by atoms with Crippen molar-refractivity contribution >= 4 is 35.3 Å². The molecule has 1 spiro atoms. The normalized spacial score (nSPS) is 24.3. The number of amides is 5. The molecular formula is C38H55N7O6. The maximum absolute atomic E-state index is 15.0. The van der Waals surface area contributed by atoms with Gasteiger partial charge in [-0.15, -0.1) is 6.58 Å². The van der Waals surface area contributed by atoms with Gasteiger partial charge in [-0.05, 0) is 48.9 Å². The minimum absolute atomic E-state index is 0.0109. The molecule has 2 aliphatic heterocycles. The van der Waals surface area contributed by atoms with Crippen molar-refractivity contribution in [2.24, 2.45) is 23.2 Å². The smallest absolute Gasteiger partial charge is 0.289 e. The largest absolute Gasteiger partial charge is 0.346 e. The first-order chi connectivity index (χ1) is 24.2. The zero-order chi connectivity index (χ0) is 37.1. The van der Waals surface area contributed by atoms with Gasteiger partial charge in [0.25, 0.3) is 11.8 Å². The van der Waals surface area contributed by atoms with E-state index < -0.39 is 58.6 Å². The summed E-state index contributed by atoms with van der Waals surface area (Å²) < 4.78 is 0. The molecule has 5 rings (SSSR count). The molecule has 5 atom stereocenters. The average molecular weight is 706 g/mol. The van der Waals surface area contributed by atoms with Gasteiger partial charge in [0.05, 0.1) is 17.8 Å². The Kier molecular flexibility index (Phi) is 11.7. The second-order valence-electron chi connectivity index (χ2n) is 16.3. The molecule has 0 aromatic carbocycles. The summed E-state index contributed by atoms with van der Waals surface area (Å²) in [4.78, 5) is 94.1. The first-order valence-electron chi connectivity index (χ1n) is 18.6. The molecular weight excluding hydrogens is 650 g/mol. The van der Waals surface area contributed by atoms with Crippen LogP contribution in [0.5, 0.6) is 0 Å². The van der Waals surface area contributed by atoms with Crippen molar-refractivity contribution in [3.05, 3.63) is 36.9 Å². The molecule has 5 amide bonds. The minimum Gasteiger partial charge on any atom is -0.346 e. The molecule has 278 valence electrons. The zero-order valence-electron chi connectivity index (χ0n) is 30.8. The minimum atomic E-state index is -1.01. The fourth-order valence-corrected chi connectivity index (χ4v) is 8.40. The van der Waals surface area contributed by atoms with E-state index in [1.54, 1.807) is 9.80 Å². The van der Waals surface area contributed by atoms with Gasteiger partial charge >= 0.3 is 0 Å². The van der Waals surface area contributed by atoms with Crippen LogP contribution in [-0.2, 0) is 24.0 Å². The highest BCUT2D eigenvalue weighted by Gasteiger charge is 2.65. The quantitative estimate of drug-likeness (QED) is 0.160. The molecule has 3 N–H and O–H groups in total. The van der Waals surface area contributed by atoms with E-state index in [4.69, 9.17) is 0 Å². The van der Waals surface area contributed by atoms with Crippen molar-refractivity contribution in [2.75, 3.05) is 13.1 Å². The van der Waals surface area contributed by atoms with E-state index >= 15 is 4.79 Å². The Balaban J connectivity index is 1.43. The van der Waals surface area contributed by atoms with Crippen LogP contribution in [0.2, 0.25) is 0 Å². The second kappa shape index (κ2) is 15.6. The van der Waals surface area contributed by atoms with Crippen LogP contribution >= 0.6 is 0 Å². The molecule has 2 aliphatic carbocycles. The van der Waals surface area contributed by atoms with Crippen LogP contribution in [0.1, 0.15) is 109 Å². The molecule has 0 radical (unpaired) electrons. The number of nitrogens with zero attached hydrogens (tertiary/aromatic N) is 4. The lowest BCUT2D eigenvalue weighted by atomic mass is 9.65. The number of Topliss-reactive ketones (excluding diaryl/α,β-unsaturated/α-hetero) is 1. The molecule has 13 heteroatoms. The van der Waals surface area contributed by atoms with Crippen molar-refractivity contribution in [1.29, 1.82) is 0 Å². The highest BCUT2D eigenvalue weighted by atomic mass is 16.2. The van der Waals surface area contributed by atoms with E-state index in [2.05, 4.69) is 46.3 Å². The maximum atomic E-state index is 15.0. The third-order valence-electron chi connectivity index (χ3n) is 11.5. The fraction of sp³-hybridized carbons (Fsp3) is 0.684. The van der Waals surface area contributed by atoms with E-state index in [-0.39, 0.29) is 41.8 Å². The topological polar surface area (TPSA) is 171 Å². The molecule has 13 nitrogen and oxygen atoms in total. The summed E-state index contributed by atoms with van der Waals surface area (Å²) in [5.41, 5.74) is -1.38. The lowest BCUT2D eigenvalue weighted by Crippen LogP contribution is -2.83. The SMILES string of the molecule is C=CCNC(=O)C(=O)C(CC1CCC1)NC(=O)[C@@H]1C[C@@H](C(C)C)CN1C(=O)[C@@H](N1C(=O)[C@@H](NC(=O)c2cnccn2)C12CCCCC2)C(C)(C)C. The van der Waals surface area contributed by atoms with Crippen LogP contribution in [0.25, 0.3) is 0 Å². The summed E-state index contributed by atoms with van der Waals surface area (Å²) in [6.07, 6.45) is 13.3. The first kappa shape index (κ1) is 38.1. The number of nitrogens with one attached hydrogen (secondary N) is 3. The summed E-state index contributed by atoms with van der Waals surface area (Å²) in [5, 5.41) is 8.35. The predicted octanol–water partition coefficient (Wildman–Crippen LogP) is 2.95. The van der Waals surface area contributed by atoms with E-state index in [9.17, 15) is 24.0 Å². The summed E-state index contributed by atoms with van der Waals surface area (Å²) in [6, 6.07) is -3.63. The van der Waals surface area contributed by atoms with Crippen LogP contribution < -0.4 is 16.0 Å². The van der Waals surface area contributed by atoms with Crippen LogP contribution in [0.3, 0.4) is 0 Å². The van der Waals surface area contributed by atoms with Gasteiger partial charge in [-0.3, -0.25) is 33.8 Å². The van der Waals surface area contributed by atoms with Gasteiger partial charge in [0.15, 0.2) is 0 Å². The Morgan fingerprint density at radius 1 is 1.06 bits per heavy atom. The van der Waals surface area contributed by atoms with Gasteiger partial charge in [0.2, 0.25) is 23.5 Å². The summed E-state index contributed by atoms with van der Waals surface area (Å²) in [7, 11) is 0. The van der Waals surface area contributed by atoms with Gasteiger partial charge in [-0.1, -0.05) is 79.2 Å². The number of carbonyl (C=O) groups is 6. The van der Waals surface area contributed by atoms with Gasteiger partial charge in [0.1, 0.15) is 23.8 Å². The third kappa shape index (κ3) is 7.86. The number of hydrogen-bond acceptors (Lipinski definition) is 8. The highest BCUT2D eigenvalue weighted by molar-refractivity contribution is 6.38. The summed E-state index contributed by atoms with van der Waals surface area (Å²) in [6.45, 7) is 13.9. The monoisotopic (exact) mass is 705 g/mol. The number of aromatic nitrogens is 2. The first-order valence-corrected chi connectivity index (χ1v) is 18.6. The number of carbonyl (C=O) groups excluding carboxylic acids is 6. The Bertz CT molecular complexity index is 1500. The number of β-lactam (4-membered cyclic amide) rings is 1. The van der Waals surface area contributed by atoms with Crippen LogP contribution in [0, 0.1) is 23.2 Å². The molecule has 1 unspecified atom stereocenters. The van der Waals surface area contributed by atoms with Crippen LogP contribution in [0.15, 0.2) is 31.2 Å². The Morgan fingerprint density at radius 3 is 2.33 bits per heavy atom. The Labute approximate surface area is 301 Å². The van der Waals surface area contributed by atoms with Gasteiger partial charge in [-0.2, -0.15) is 0 Å². The molecule has 2 saturated heterocycles. The molecule has 4 fully saturated rings. The molecule has 4 aliphatic rings. The molecule has 51 heavy (non-hydrogen) atoms. The van der Waals surface area contributed by atoms with E-state index in [0.29, 0.717) is 32.2 Å². The van der Waals surface area contributed by atoms with Crippen LogP contribution in [0.4, 0.5) is 0 Å². The Hall–Kier alpha value is -4.16. The standard InChI is InChI=1S/C38H55N7O6/c1-7-16-41-34(49)29(46)26(19-24-12-11-13-24)42-33(48)28-20-25(23(2)3)22-44(28)36(51)31(37(4,5)6)45-35(50)30(38(45)14-9-8-10-15-38)43-32(47)27-21-39-17-18-40-27/h7,17-18,21,23-26,28,30-31H,1,8-16,19-20,22H2,2-6H3,(H,41,49)(H,42,48)(H,43,47)/t25-,26?,28+,30-,31-/m1/s1. The third-order valence-corrected chi connectivity index (χ3v) is 11.5. The highest BCUT2D eigenvalue weighted by Crippen LogP contribution is 2.49. The molecule has 1 aromatic rings. The zero-order valence-corrected chi connectivity index (χ0v) is 30.8. The molecule has 1 aromatic heterocycles. The van der Waals surface area contributed by atoms with Crippen molar-refractivity contribution in [3.63, 3.8) is 0 Å². The van der Waals surface area contributed by atoms with Crippen molar-refractivity contribution in [3.8, 4) is 0 Å². The second-order valence-corrected chi connectivity index (χ2v) is 16.3. The number of likely N-dealkylation sites (tertiary alicyclic amines) is 2. The number of ketones is 1. The summed E-state index contributed by atoms with van der Waals surface area (Å²) in [5.74, 6) is -2.70. The van der Waals surface area contributed by atoms with Crippen molar-refractivity contribution < 1.29 is 28.8 Å². The average Bonchev–Trinajstić information content (AvgIpc) is 3.55. The summed E-state index contributed by atoms with van der Waals surface area (Å²) >= 11 is 0. The van der Waals surface area contributed by atoms with Crippen LogP contribution in [-0.4, -0.2) is 97.9 Å². The lowest BCUT2D eigenvalue weighted by molar-refractivity contribution is -0.186. The lowest BCUT2D eigenvalue weighted by Gasteiger charge is -2.63. The number of rotatable bonds is 13. The van der Waals surface area contributed by atoms with Gasteiger partial charge < -0.3 is 25.8 Å². The van der Waals surface area contributed by atoms with E-state index in [1.165, 1.54) is 24.7 Å². The molecule has 3 heterocycles. The molecule has 2 saturated carbocycles. The van der Waals surface area contributed by atoms with E-state index in [0.717, 1.165) is 38.5 Å². The maximum Gasteiger partial charge on any atom is 0.289 e. The van der Waals surface area contributed by atoms with Crippen molar-refractivity contribution in [2.45, 2.75) is 129 Å². The van der Waals surface area contributed by atoms with Crippen molar-refractivity contribution in [1.82, 2.24) is 35.7 Å². The van der Waals surface area contributed by atoms with Gasteiger partial charge in [0, 0.05) is 25.5 Å². The number of hydrogen-bond donors (Lipinski definition) is 3. The van der Waals surface area contributed by atoms with E-state index in [1.807, 2.05) is 20.8 Å². The fourth-order valence-electron chi connectivity index (χ4n) is 8.40. The molecule has 0 bridgehead atoms. The Morgan fingerprint density at radius 2 is 1.76 bits per heavy atom. The van der Waals surface area contributed by atoms with Gasteiger partial charge in [-0.25, -0.2) is 4.98 Å².